The average Bonchev–Trinajstić information content (AvgIpc) is 2.54. The highest BCUT2D eigenvalue weighted by Gasteiger charge is 2.07. The van der Waals surface area contributed by atoms with E-state index in [-0.39, 0.29) is 11.8 Å². The fourth-order valence-corrected chi connectivity index (χ4v) is 2.01. The zero-order valence-corrected chi connectivity index (χ0v) is 14.1. The molecule has 0 unspecified atom stereocenters. The topological polar surface area (TPSA) is 67.4 Å². The third-order valence-electron chi connectivity index (χ3n) is 3.16. The molecule has 2 amide bonds. The molecule has 5 heteroatoms. The summed E-state index contributed by atoms with van der Waals surface area (Å²) in [6.45, 7) is 6.28. The lowest BCUT2D eigenvalue weighted by Crippen LogP contribution is -2.12. The zero-order valence-electron chi connectivity index (χ0n) is 14.1. The van der Waals surface area contributed by atoms with Gasteiger partial charge in [0.15, 0.2) is 0 Å². The molecule has 0 aliphatic rings. The lowest BCUT2D eigenvalue weighted by molar-refractivity contribution is -0.114. The van der Waals surface area contributed by atoms with Crippen molar-refractivity contribution in [1.29, 1.82) is 0 Å². The quantitative estimate of drug-likeness (QED) is 0.845. The third-order valence-corrected chi connectivity index (χ3v) is 3.16. The Labute approximate surface area is 142 Å². The number of anilines is 2. The molecule has 0 bridgehead atoms. The van der Waals surface area contributed by atoms with Gasteiger partial charge >= 0.3 is 0 Å². The van der Waals surface area contributed by atoms with Gasteiger partial charge in [-0.15, -0.1) is 0 Å². The van der Waals surface area contributed by atoms with Crippen LogP contribution in [0.15, 0.2) is 48.5 Å². The molecule has 0 aliphatic heterocycles. The number of amides is 2. The number of hydrogen-bond acceptors (Lipinski definition) is 3. The zero-order chi connectivity index (χ0) is 17.5. The smallest absolute Gasteiger partial charge is 0.255 e. The molecule has 0 saturated heterocycles. The molecule has 2 rings (SSSR count). The van der Waals surface area contributed by atoms with Crippen LogP contribution in [0.5, 0.6) is 5.75 Å². The monoisotopic (exact) mass is 326 g/mol. The van der Waals surface area contributed by atoms with Crippen LogP contribution in [0.3, 0.4) is 0 Å². The fraction of sp³-hybridized carbons (Fsp3) is 0.263. The molecule has 5 nitrogen and oxygen atoms in total. The number of ether oxygens (including phenoxy) is 1. The van der Waals surface area contributed by atoms with Gasteiger partial charge in [0, 0.05) is 23.9 Å². The van der Waals surface area contributed by atoms with Crippen molar-refractivity contribution in [2.75, 3.05) is 17.2 Å². The van der Waals surface area contributed by atoms with Crippen molar-refractivity contribution in [3.05, 3.63) is 54.1 Å². The lowest BCUT2D eigenvalue weighted by Gasteiger charge is -2.10. The van der Waals surface area contributed by atoms with Crippen LogP contribution in [0.1, 0.15) is 31.1 Å². The first-order valence-corrected chi connectivity index (χ1v) is 7.86. The summed E-state index contributed by atoms with van der Waals surface area (Å²) in [5, 5.41) is 5.49. The van der Waals surface area contributed by atoms with Gasteiger partial charge in [0.2, 0.25) is 5.91 Å². The molecule has 2 N–H and O–H groups in total. The Balaban J connectivity index is 1.95. The van der Waals surface area contributed by atoms with E-state index in [1.165, 1.54) is 6.92 Å². The minimum Gasteiger partial charge on any atom is -0.493 e. The molecule has 126 valence electrons. The molecule has 0 spiro atoms. The first kappa shape index (κ1) is 17.5. The van der Waals surface area contributed by atoms with E-state index in [1.807, 2.05) is 12.1 Å². The third kappa shape index (κ3) is 5.43. The first-order chi connectivity index (χ1) is 11.4. The number of hydrogen-bond donors (Lipinski definition) is 2. The van der Waals surface area contributed by atoms with Gasteiger partial charge in [-0.3, -0.25) is 9.59 Å². The second-order valence-corrected chi connectivity index (χ2v) is 5.94. The van der Waals surface area contributed by atoms with Gasteiger partial charge in [-0.25, -0.2) is 0 Å². The Kier molecular flexibility index (Phi) is 5.95. The molecule has 0 saturated carbocycles. The molecule has 0 atom stereocenters. The van der Waals surface area contributed by atoms with Crippen LogP contribution in [0.2, 0.25) is 0 Å². The highest BCUT2D eigenvalue weighted by molar-refractivity contribution is 6.04. The molecule has 0 aromatic heterocycles. The maximum atomic E-state index is 12.2. The average molecular weight is 326 g/mol. The minimum absolute atomic E-state index is 0.146. The number of benzene rings is 2. The van der Waals surface area contributed by atoms with Crippen molar-refractivity contribution in [1.82, 2.24) is 0 Å². The van der Waals surface area contributed by atoms with Crippen LogP contribution in [-0.4, -0.2) is 18.4 Å². The molecule has 0 heterocycles. The normalized spacial score (nSPS) is 10.3. The van der Waals surface area contributed by atoms with Crippen molar-refractivity contribution in [2.24, 2.45) is 5.92 Å². The predicted molar refractivity (Wildman–Crippen MR) is 95.5 cm³/mol. The summed E-state index contributed by atoms with van der Waals surface area (Å²) in [5.41, 5.74) is 1.87. The standard InChI is InChI=1S/C19H22N2O3/c1-13(2)12-24-18-10-8-17(9-11-18)21-19(23)15-4-6-16(7-5-15)20-14(3)22/h4-11,13H,12H2,1-3H3,(H,20,22)(H,21,23). The van der Waals surface area contributed by atoms with Crippen LogP contribution in [0.4, 0.5) is 11.4 Å². The number of carbonyl (C=O) groups excluding carboxylic acids is 2. The van der Waals surface area contributed by atoms with Gasteiger partial charge < -0.3 is 15.4 Å². The van der Waals surface area contributed by atoms with E-state index in [4.69, 9.17) is 4.74 Å². The number of carbonyl (C=O) groups is 2. The summed E-state index contributed by atoms with van der Waals surface area (Å²) in [6.07, 6.45) is 0. The summed E-state index contributed by atoms with van der Waals surface area (Å²) < 4.78 is 5.61. The molecule has 0 radical (unpaired) electrons. The molecule has 0 fully saturated rings. The van der Waals surface area contributed by atoms with Crippen LogP contribution >= 0.6 is 0 Å². The van der Waals surface area contributed by atoms with Crippen molar-refractivity contribution in [2.45, 2.75) is 20.8 Å². The van der Waals surface area contributed by atoms with Gasteiger partial charge in [0.1, 0.15) is 5.75 Å². The first-order valence-electron chi connectivity index (χ1n) is 7.86. The van der Waals surface area contributed by atoms with Gasteiger partial charge in [0.25, 0.3) is 5.91 Å². The Hall–Kier alpha value is -2.82. The van der Waals surface area contributed by atoms with E-state index >= 15 is 0 Å². The Morgan fingerprint density at radius 3 is 2.00 bits per heavy atom. The second-order valence-electron chi connectivity index (χ2n) is 5.94. The maximum absolute atomic E-state index is 12.2. The Bertz CT molecular complexity index is 692. The summed E-state index contributed by atoms with van der Waals surface area (Å²) in [4.78, 5) is 23.2. The van der Waals surface area contributed by atoms with E-state index in [1.54, 1.807) is 36.4 Å². The highest BCUT2D eigenvalue weighted by Crippen LogP contribution is 2.18. The van der Waals surface area contributed by atoms with E-state index in [0.717, 1.165) is 5.75 Å². The largest absolute Gasteiger partial charge is 0.493 e. The SMILES string of the molecule is CC(=O)Nc1ccc(C(=O)Nc2ccc(OCC(C)C)cc2)cc1. The van der Waals surface area contributed by atoms with E-state index < -0.39 is 0 Å². The summed E-state index contributed by atoms with van der Waals surface area (Å²) >= 11 is 0. The van der Waals surface area contributed by atoms with Gasteiger partial charge in [-0.2, -0.15) is 0 Å². The second kappa shape index (κ2) is 8.15. The van der Waals surface area contributed by atoms with Crippen LogP contribution in [0, 0.1) is 5.92 Å². The molecular weight excluding hydrogens is 304 g/mol. The fourth-order valence-electron chi connectivity index (χ4n) is 2.01. The molecule has 24 heavy (non-hydrogen) atoms. The summed E-state index contributed by atoms with van der Waals surface area (Å²) in [6, 6.07) is 14.0. The van der Waals surface area contributed by atoms with Crippen molar-refractivity contribution < 1.29 is 14.3 Å². The number of rotatable bonds is 6. The van der Waals surface area contributed by atoms with Crippen molar-refractivity contribution in [3.63, 3.8) is 0 Å². The maximum Gasteiger partial charge on any atom is 0.255 e. The van der Waals surface area contributed by atoms with Crippen LogP contribution < -0.4 is 15.4 Å². The molecule has 2 aromatic rings. The van der Waals surface area contributed by atoms with E-state index in [9.17, 15) is 9.59 Å². The van der Waals surface area contributed by atoms with E-state index in [2.05, 4.69) is 24.5 Å². The van der Waals surface area contributed by atoms with Crippen LogP contribution in [0.25, 0.3) is 0 Å². The predicted octanol–water partition coefficient (Wildman–Crippen LogP) is 3.93. The van der Waals surface area contributed by atoms with Crippen LogP contribution in [-0.2, 0) is 4.79 Å². The summed E-state index contributed by atoms with van der Waals surface area (Å²) in [7, 11) is 0. The summed E-state index contributed by atoms with van der Waals surface area (Å²) in [5.74, 6) is 0.887. The minimum atomic E-state index is -0.208. The van der Waals surface area contributed by atoms with Crippen molar-refractivity contribution in [3.8, 4) is 5.75 Å². The van der Waals surface area contributed by atoms with Crippen molar-refractivity contribution >= 4 is 23.2 Å². The molecule has 0 aliphatic carbocycles. The Morgan fingerprint density at radius 2 is 1.46 bits per heavy atom. The lowest BCUT2D eigenvalue weighted by atomic mass is 10.2. The van der Waals surface area contributed by atoms with Gasteiger partial charge in [-0.05, 0) is 54.4 Å². The van der Waals surface area contributed by atoms with Gasteiger partial charge in [-0.1, -0.05) is 13.8 Å². The molecular formula is C19H22N2O3. The highest BCUT2D eigenvalue weighted by atomic mass is 16.5. The number of nitrogens with one attached hydrogen (secondary N) is 2. The molecule has 2 aromatic carbocycles. The Morgan fingerprint density at radius 1 is 0.917 bits per heavy atom. The van der Waals surface area contributed by atoms with Gasteiger partial charge in [0.05, 0.1) is 6.61 Å². The van der Waals surface area contributed by atoms with E-state index in [0.29, 0.717) is 29.5 Å².